The summed E-state index contributed by atoms with van der Waals surface area (Å²) in [5, 5.41) is 13.9. The van der Waals surface area contributed by atoms with Crippen molar-refractivity contribution in [2.45, 2.75) is 32.3 Å². The van der Waals surface area contributed by atoms with Gasteiger partial charge >= 0.3 is 0 Å². The Balaban J connectivity index is 2.20. The van der Waals surface area contributed by atoms with Crippen LogP contribution in [0.3, 0.4) is 0 Å². The Labute approximate surface area is 118 Å². The lowest BCUT2D eigenvalue weighted by atomic mass is 9.97. The molecule has 0 radical (unpaired) electrons. The summed E-state index contributed by atoms with van der Waals surface area (Å²) >= 11 is 0. The molecule has 0 spiro atoms. The Hall–Kier alpha value is -1.94. The van der Waals surface area contributed by atoms with Gasteiger partial charge in [-0.3, -0.25) is 9.78 Å². The molecule has 0 unspecified atom stereocenters. The van der Waals surface area contributed by atoms with Crippen LogP contribution >= 0.6 is 0 Å². The van der Waals surface area contributed by atoms with Crippen molar-refractivity contribution in [1.29, 1.82) is 0 Å². The molecule has 0 aliphatic heterocycles. The zero-order valence-corrected chi connectivity index (χ0v) is 11.9. The van der Waals surface area contributed by atoms with Crippen molar-refractivity contribution in [2.24, 2.45) is 0 Å². The van der Waals surface area contributed by atoms with Gasteiger partial charge in [0.2, 0.25) is 0 Å². The maximum absolute atomic E-state index is 12.3. The van der Waals surface area contributed by atoms with Gasteiger partial charge in [-0.15, -0.1) is 0 Å². The summed E-state index contributed by atoms with van der Waals surface area (Å²) in [4.78, 5) is 16.5. The van der Waals surface area contributed by atoms with Crippen molar-refractivity contribution in [3.63, 3.8) is 0 Å². The Morgan fingerprint density at radius 1 is 1.25 bits per heavy atom. The number of amides is 1. The van der Waals surface area contributed by atoms with Gasteiger partial charge in [0, 0.05) is 23.7 Å². The van der Waals surface area contributed by atoms with Crippen LogP contribution in [0.15, 0.2) is 36.5 Å². The van der Waals surface area contributed by atoms with E-state index < -0.39 is 5.60 Å². The van der Waals surface area contributed by atoms with Crippen LogP contribution in [0.4, 0.5) is 0 Å². The number of fused-ring (bicyclic) bond motifs is 1. The number of carbonyl (C=O) groups is 1. The number of pyridine rings is 1. The highest BCUT2D eigenvalue weighted by atomic mass is 16.3. The van der Waals surface area contributed by atoms with Crippen LogP contribution in [-0.2, 0) is 0 Å². The average Bonchev–Trinajstić information content (AvgIpc) is 2.51. The number of carbonyl (C=O) groups excluding carboxylic acids is 1. The van der Waals surface area contributed by atoms with E-state index in [2.05, 4.69) is 10.3 Å². The Morgan fingerprint density at radius 2 is 2.00 bits per heavy atom. The molecule has 1 aromatic carbocycles. The smallest absolute Gasteiger partial charge is 0.252 e. The monoisotopic (exact) mass is 272 g/mol. The van der Waals surface area contributed by atoms with Gasteiger partial charge in [0.05, 0.1) is 11.1 Å². The number of aliphatic hydroxyl groups is 1. The maximum Gasteiger partial charge on any atom is 0.252 e. The van der Waals surface area contributed by atoms with E-state index in [1.807, 2.05) is 38.1 Å². The lowest BCUT2D eigenvalue weighted by Crippen LogP contribution is -2.42. The first-order valence-electron chi connectivity index (χ1n) is 6.94. The molecule has 2 rings (SSSR count). The van der Waals surface area contributed by atoms with E-state index in [-0.39, 0.29) is 12.5 Å². The molecule has 0 fully saturated rings. The van der Waals surface area contributed by atoms with Gasteiger partial charge in [0.1, 0.15) is 0 Å². The Kier molecular flexibility index (Phi) is 4.35. The number of aromatic nitrogens is 1. The minimum atomic E-state index is -0.835. The average molecular weight is 272 g/mol. The highest BCUT2D eigenvalue weighted by Crippen LogP contribution is 2.17. The van der Waals surface area contributed by atoms with Gasteiger partial charge in [-0.25, -0.2) is 0 Å². The van der Waals surface area contributed by atoms with E-state index in [1.54, 1.807) is 12.3 Å². The van der Waals surface area contributed by atoms with Crippen molar-refractivity contribution >= 4 is 16.8 Å². The fourth-order valence-electron chi connectivity index (χ4n) is 2.14. The first-order chi connectivity index (χ1) is 9.59. The molecular weight excluding hydrogens is 252 g/mol. The fraction of sp³-hybridized carbons (Fsp3) is 0.375. The molecule has 4 heteroatoms. The van der Waals surface area contributed by atoms with Gasteiger partial charge in [-0.2, -0.15) is 0 Å². The molecule has 0 atom stereocenters. The summed E-state index contributed by atoms with van der Waals surface area (Å²) in [7, 11) is 0. The zero-order chi connectivity index (χ0) is 14.6. The molecule has 0 aliphatic rings. The zero-order valence-electron chi connectivity index (χ0n) is 11.9. The molecule has 0 aliphatic carbocycles. The summed E-state index contributed by atoms with van der Waals surface area (Å²) in [6.45, 7) is 4.09. The molecule has 2 N–H and O–H groups in total. The molecule has 0 bridgehead atoms. The number of nitrogens with one attached hydrogen (secondary N) is 1. The highest BCUT2D eigenvalue weighted by Gasteiger charge is 2.23. The summed E-state index contributed by atoms with van der Waals surface area (Å²) < 4.78 is 0. The minimum Gasteiger partial charge on any atom is -0.388 e. The largest absolute Gasteiger partial charge is 0.388 e. The molecule has 2 aromatic rings. The molecule has 1 heterocycles. The molecule has 4 nitrogen and oxygen atoms in total. The molecule has 1 amide bonds. The summed E-state index contributed by atoms with van der Waals surface area (Å²) in [6.07, 6.45) is 2.93. The highest BCUT2D eigenvalue weighted by molar-refractivity contribution is 6.06. The lowest BCUT2D eigenvalue weighted by molar-refractivity contribution is 0.0314. The van der Waals surface area contributed by atoms with Crippen LogP contribution in [0.1, 0.15) is 37.0 Å². The first-order valence-corrected chi connectivity index (χ1v) is 6.94. The van der Waals surface area contributed by atoms with Crippen molar-refractivity contribution in [3.05, 3.63) is 42.1 Å². The van der Waals surface area contributed by atoms with Crippen LogP contribution in [0.5, 0.6) is 0 Å². The summed E-state index contributed by atoms with van der Waals surface area (Å²) in [6, 6.07) is 9.16. The molecule has 1 aromatic heterocycles. The van der Waals surface area contributed by atoms with Gasteiger partial charge in [0.15, 0.2) is 0 Å². The second-order valence-corrected chi connectivity index (χ2v) is 4.99. The normalized spacial score (nSPS) is 11.6. The third-order valence-electron chi connectivity index (χ3n) is 3.78. The predicted molar refractivity (Wildman–Crippen MR) is 79.6 cm³/mol. The second kappa shape index (κ2) is 6.01. The Morgan fingerprint density at radius 3 is 2.70 bits per heavy atom. The third-order valence-corrected chi connectivity index (χ3v) is 3.78. The number of hydrogen-bond donors (Lipinski definition) is 2. The van der Waals surface area contributed by atoms with Crippen LogP contribution in [0.25, 0.3) is 10.9 Å². The van der Waals surface area contributed by atoms with Crippen LogP contribution in [0.2, 0.25) is 0 Å². The molecular formula is C16H20N2O2. The second-order valence-electron chi connectivity index (χ2n) is 4.99. The topological polar surface area (TPSA) is 62.2 Å². The van der Waals surface area contributed by atoms with Crippen molar-refractivity contribution in [3.8, 4) is 0 Å². The predicted octanol–water partition coefficient (Wildman–Crippen LogP) is 2.52. The van der Waals surface area contributed by atoms with Crippen molar-refractivity contribution < 1.29 is 9.90 Å². The van der Waals surface area contributed by atoms with Crippen molar-refractivity contribution in [1.82, 2.24) is 10.3 Å². The van der Waals surface area contributed by atoms with Gasteiger partial charge in [-0.05, 0) is 31.0 Å². The van der Waals surface area contributed by atoms with E-state index in [1.165, 1.54) is 0 Å². The summed E-state index contributed by atoms with van der Waals surface area (Å²) in [5.74, 6) is -0.177. The maximum atomic E-state index is 12.3. The number of rotatable bonds is 5. The SMILES string of the molecule is CCC(O)(CC)CNC(=O)c1cccc2ncccc12. The fourth-order valence-corrected chi connectivity index (χ4v) is 2.14. The van der Waals surface area contributed by atoms with E-state index >= 15 is 0 Å². The van der Waals surface area contributed by atoms with Crippen LogP contribution in [-0.4, -0.2) is 28.1 Å². The number of hydrogen-bond acceptors (Lipinski definition) is 3. The molecule has 20 heavy (non-hydrogen) atoms. The van der Waals surface area contributed by atoms with Gasteiger partial charge < -0.3 is 10.4 Å². The number of benzene rings is 1. The third kappa shape index (κ3) is 2.96. The standard InChI is InChI=1S/C16H20N2O2/c1-3-16(20,4-2)11-18-15(19)13-7-5-9-14-12(13)8-6-10-17-14/h5-10,20H,3-4,11H2,1-2H3,(H,18,19). The summed E-state index contributed by atoms with van der Waals surface area (Å²) in [5.41, 5.74) is 0.546. The molecule has 106 valence electrons. The molecule has 0 saturated heterocycles. The van der Waals surface area contributed by atoms with Crippen molar-refractivity contribution in [2.75, 3.05) is 6.54 Å². The van der Waals surface area contributed by atoms with Gasteiger partial charge in [0.25, 0.3) is 5.91 Å². The lowest BCUT2D eigenvalue weighted by Gasteiger charge is -2.25. The number of nitrogens with zero attached hydrogens (tertiary/aromatic N) is 1. The minimum absolute atomic E-state index is 0.177. The van der Waals surface area contributed by atoms with Gasteiger partial charge in [-0.1, -0.05) is 26.0 Å². The Bertz CT molecular complexity index is 601. The first kappa shape index (κ1) is 14.5. The quantitative estimate of drug-likeness (QED) is 0.879. The van der Waals surface area contributed by atoms with Crippen LogP contribution < -0.4 is 5.32 Å². The van der Waals surface area contributed by atoms with E-state index in [9.17, 15) is 9.90 Å². The van der Waals surface area contributed by atoms with Crippen LogP contribution in [0, 0.1) is 0 Å². The van der Waals surface area contributed by atoms with E-state index in [4.69, 9.17) is 0 Å². The van der Waals surface area contributed by atoms with E-state index in [0.717, 1.165) is 10.9 Å². The molecule has 0 saturated carbocycles. The van der Waals surface area contributed by atoms with E-state index in [0.29, 0.717) is 18.4 Å².